The van der Waals surface area contributed by atoms with Crippen LogP contribution in [-0.4, -0.2) is 33.8 Å². The summed E-state index contributed by atoms with van der Waals surface area (Å²) < 4.78 is 6.23. The van der Waals surface area contributed by atoms with Crippen LogP contribution in [0.4, 0.5) is 0 Å². The Kier molecular flexibility index (Phi) is 6.89. The summed E-state index contributed by atoms with van der Waals surface area (Å²) in [6.07, 6.45) is 13.8. The highest BCUT2D eigenvalue weighted by Gasteiger charge is 2.23. The second-order valence-corrected chi connectivity index (χ2v) is 6.51. The van der Waals surface area contributed by atoms with Crippen molar-refractivity contribution in [2.75, 3.05) is 7.11 Å². The topological polar surface area (TPSA) is 90.4 Å². The van der Waals surface area contributed by atoms with Crippen LogP contribution in [0.1, 0.15) is 80.7 Å². The van der Waals surface area contributed by atoms with Gasteiger partial charge in [0.15, 0.2) is 0 Å². The second-order valence-electron chi connectivity index (χ2n) is 6.51. The van der Waals surface area contributed by atoms with Gasteiger partial charge in [-0.1, -0.05) is 38.5 Å². The van der Waals surface area contributed by atoms with E-state index >= 15 is 0 Å². The highest BCUT2D eigenvalue weighted by atomic mass is 16.5. The van der Waals surface area contributed by atoms with E-state index in [-0.39, 0.29) is 17.6 Å². The monoisotopic (exact) mass is 323 g/mol. The first-order valence-electron chi connectivity index (χ1n) is 8.73. The number of nitrogens with two attached hydrogens (primary N) is 1. The fourth-order valence-corrected chi connectivity index (χ4v) is 3.36. The van der Waals surface area contributed by atoms with Crippen LogP contribution in [0.3, 0.4) is 0 Å². The first-order valence-corrected chi connectivity index (χ1v) is 8.73. The molecule has 0 aromatic carbocycles. The quantitative estimate of drug-likeness (QED) is 0.816. The third-order valence-electron chi connectivity index (χ3n) is 4.76. The molecule has 3 rings (SSSR count). The molecule has 1 heterocycles. The Morgan fingerprint density at radius 3 is 2.22 bits per heavy atom. The molecule has 0 amide bonds. The van der Waals surface area contributed by atoms with Crippen molar-refractivity contribution < 1.29 is 14.6 Å². The molecule has 3 N–H and O–H groups in total. The second kappa shape index (κ2) is 8.91. The molecule has 23 heavy (non-hydrogen) atoms. The summed E-state index contributed by atoms with van der Waals surface area (Å²) in [5.41, 5.74) is 5.64. The summed E-state index contributed by atoms with van der Waals surface area (Å²) in [4.78, 5) is 15.2. The molecule has 2 saturated carbocycles. The molecule has 130 valence electrons. The lowest BCUT2D eigenvalue weighted by Crippen LogP contribution is -2.22. The average molecular weight is 323 g/mol. The standard InChI is InChI=1S/C11H16N2O3.C6H13N/c1-16-11(15)9-10(14)13(7-12-9)8-5-3-2-4-6-8;7-6-4-2-1-3-5-6/h7-8,14H,2-6H2,1H3;6H,1-5,7H2. The number of hydrogen-bond donors (Lipinski definition) is 2. The predicted molar refractivity (Wildman–Crippen MR) is 88.4 cm³/mol. The summed E-state index contributed by atoms with van der Waals surface area (Å²) in [6.45, 7) is 0. The lowest BCUT2D eigenvalue weighted by molar-refractivity contribution is 0.0590. The zero-order valence-corrected chi connectivity index (χ0v) is 14.0. The van der Waals surface area contributed by atoms with E-state index in [0.29, 0.717) is 6.04 Å². The van der Waals surface area contributed by atoms with Crippen LogP contribution in [0, 0.1) is 0 Å². The van der Waals surface area contributed by atoms with Gasteiger partial charge in [-0.25, -0.2) is 9.78 Å². The third-order valence-corrected chi connectivity index (χ3v) is 4.76. The van der Waals surface area contributed by atoms with E-state index < -0.39 is 5.97 Å². The van der Waals surface area contributed by atoms with E-state index in [1.54, 1.807) is 4.57 Å². The molecule has 6 nitrogen and oxygen atoms in total. The van der Waals surface area contributed by atoms with Gasteiger partial charge in [-0.2, -0.15) is 0 Å². The maximum atomic E-state index is 11.3. The highest BCUT2D eigenvalue weighted by molar-refractivity contribution is 5.89. The van der Waals surface area contributed by atoms with Crippen molar-refractivity contribution >= 4 is 5.97 Å². The molecule has 0 bridgehead atoms. The molecule has 6 heteroatoms. The number of carbonyl (C=O) groups excluding carboxylic acids is 1. The Balaban J connectivity index is 0.000000229. The van der Waals surface area contributed by atoms with Gasteiger partial charge in [-0.05, 0) is 25.7 Å². The van der Waals surface area contributed by atoms with Gasteiger partial charge in [-0.3, -0.25) is 4.57 Å². The molecule has 2 aliphatic carbocycles. The van der Waals surface area contributed by atoms with E-state index in [2.05, 4.69) is 9.72 Å². The zero-order chi connectivity index (χ0) is 16.7. The van der Waals surface area contributed by atoms with Crippen LogP contribution in [0.5, 0.6) is 5.88 Å². The molecule has 0 saturated heterocycles. The molecule has 1 aromatic rings. The molecule has 0 radical (unpaired) electrons. The van der Waals surface area contributed by atoms with Gasteiger partial charge in [0.2, 0.25) is 11.6 Å². The Hall–Kier alpha value is -1.56. The number of esters is 1. The molecule has 0 atom stereocenters. The molecule has 0 aliphatic heterocycles. The number of carbonyl (C=O) groups is 1. The smallest absolute Gasteiger partial charge is 0.362 e. The molecule has 2 aliphatic rings. The normalized spacial score (nSPS) is 19.7. The molecular weight excluding hydrogens is 294 g/mol. The third kappa shape index (κ3) is 4.96. The minimum atomic E-state index is -0.591. The van der Waals surface area contributed by atoms with Crippen LogP contribution in [0.2, 0.25) is 0 Å². The molecule has 1 aromatic heterocycles. The van der Waals surface area contributed by atoms with E-state index in [1.807, 2.05) is 0 Å². The van der Waals surface area contributed by atoms with Gasteiger partial charge in [0.25, 0.3) is 0 Å². The number of ether oxygens (including phenoxy) is 1. The van der Waals surface area contributed by atoms with E-state index in [1.165, 1.54) is 52.0 Å². The van der Waals surface area contributed by atoms with Crippen molar-refractivity contribution in [2.24, 2.45) is 5.73 Å². The number of imidazole rings is 1. The average Bonchev–Trinajstić information content (AvgIpc) is 2.98. The minimum absolute atomic E-state index is 0.00748. The molecule has 0 unspecified atom stereocenters. The van der Waals surface area contributed by atoms with Crippen molar-refractivity contribution in [3.05, 3.63) is 12.0 Å². The Morgan fingerprint density at radius 2 is 1.74 bits per heavy atom. The maximum Gasteiger partial charge on any atom is 0.362 e. The first-order chi connectivity index (χ1) is 11.1. The predicted octanol–water partition coefficient (Wildman–Crippen LogP) is 3.16. The fourth-order valence-electron chi connectivity index (χ4n) is 3.36. The van der Waals surface area contributed by atoms with Crippen molar-refractivity contribution in [3.63, 3.8) is 0 Å². The molecule has 2 fully saturated rings. The van der Waals surface area contributed by atoms with Gasteiger partial charge >= 0.3 is 5.97 Å². The summed E-state index contributed by atoms with van der Waals surface area (Å²) in [7, 11) is 1.28. The van der Waals surface area contributed by atoms with Gasteiger partial charge in [-0.15, -0.1) is 0 Å². The van der Waals surface area contributed by atoms with Gasteiger partial charge in [0.05, 0.1) is 13.4 Å². The van der Waals surface area contributed by atoms with Gasteiger partial charge < -0.3 is 15.6 Å². The van der Waals surface area contributed by atoms with Gasteiger partial charge in [0.1, 0.15) is 0 Å². The van der Waals surface area contributed by atoms with E-state index in [4.69, 9.17) is 5.73 Å². The lowest BCUT2D eigenvalue weighted by atomic mass is 9.95. The minimum Gasteiger partial charge on any atom is -0.493 e. The molecular formula is C17H29N3O3. The highest BCUT2D eigenvalue weighted by Crippen LogP contribution is 2.32. The van der Waals surface area contributed by atoms with E-state index in [0.717, 1.165) is 25.7 Å². The number of aromatic nitrogens is 2. The van der Waals surface area contributed by atoms with Crippen LogP contribution >= 0.6 is 0 Å². The molecule has 0 spiro atoms. The van der Waals surface area contributed by atoms with Crippen molar-refractivity contribution in [3.8, 4) is 5.88 Å². The number of hydrogen-bond acceptors (Lipinski definition) is 5. The fraction of sp³-hybridized carbons (Fsp3) is 0.765. The van der Waals surface area contributed by atoms with Crippen molar-refractivity contribution in [1.82, 2.24) is 9.55 Å². The van der Waals surface area contributed by atoms with Crippen LogP contribution in [0.15, 0.2) is 6.33 Å². The SMILES string of the molecule is COC(=O)c1ncn(C2CCCCC2)c1O.NC1CCCCC1. The Bertz CT molecular complexity index is 489. The summed E-state index contributed by atoms with van der Waals surface area (Å²) in [5.74, 6) is -0.661. The maximum absolute atomic E-state index is 11.3. The Morgan fingerprint density at radius 1 is 1.17 bits per heavy atom. The number of rotatable bonds is 2. The van der Waals surface area contributed by atoms with E-state index in [9.17, 15) is 9.90 Å². The van der Waals surface area contributed by atoms with Crippen molar-refractivity contribution in [2.45, 2.75) is 76.3 Å². The lowest BCUT2D eigenvalue weighted by Gasteiger charge is -2.23. The van der Waals surface area contributed by atoms with Crippen LogP contribution < -0.4 is 5.73 Å². The summed E-state index contributed by atoms with van der Waals surface area (Å²) in [6, 6.07) is 0.799. The Labute approximate surface area is 138 Å². The summed E-state index contributed by atoms with van der Waals surface area (Å²) in [5, 5.41) is 9.88. The largest absolute Gasteiger partial charge is 0.493 e. The zero-order valence-electron chi connectivity index (χ0n) is 14.0. The first kappa shape index (κ1) is 17.8. The van der Waals surface area contributed by atoms with Gasteiger partial charge in [0, 0.05) is 12.1 Å². The van der Waals surface area contributed by atoms with Crippen molar-refractivity contribution in [1.29, 1.82) is 0 Å². The number of nitrogens with zero attached hydrogens (tertiary/aromatic N) is 2. The summed E-state index contributed by atoms with van der Waals surface area (Å²) >= 11 is 0. The van der Waals surface area contributed by atoms with Crippen LogP contribution in [-0.2, 0) is 4.74 Å². The number of aromatic hydroxyl groups is 1. The number of methoxy groups -OCH3 is 1. The van der Waals surface area contributed by atoms with Crippen LogP contribution in [0.25, 0.3) is 0 Å².